The number of rotatable bonds is 7. The van der Waals surface area contributed by atoms with Crippen LogP contribution in [0.1, 0.15) is 34.1 Å². The highest BCUT2D eigenvalue weighted by molar-refractivity contribution is 5.97. The first-order valence-corrected chi connectivity index (χ1v) is 10.2. The number of hydrogen-bond donors (Lipinski definition) is 2. The highest BCUT2D eigenvalue weighted by Gasteiger charge is 2.33. The van der Waals surface area contributed by atoms with Crippen LogP contribution in [0.4, 0.5) is 10.7 Å². The molecule has 3 rings (SSSR count). The van der Waals surface area contributed by atoms with Crippen molar-refractivity contribution in [1.82, 2.24) is 20.2 Å². The number of aromatic nitrogens is 2. The second-order valence-electron chi connectivity index (χ2n) is 8.38. The normalized spacial score (nSPS) is 15.3. The lowest BCUT2D eigenvalue weighted by atomic mass is 10.0. The van der Waals surface area contributed by atoms with Crippen molar-refractivity contribution in [3.8, 4) is 0 Å². The second kappa shape index (κ2) is 8.73. The summed E-state index contributed by atoms with van der Waals surface area (Å²) < 4.78 is 1.97. The van der Waals surface area contributed by atoms with Crippen LogP contribution in [0.25, 0.3) is 11.0 Å². The lowest BCUT2D eigenvalue weighted by Crippen LogP contribution is -2.57. The molecule has 1 aromatic heterocycles. The lowest BCUT2D eigenvalue weighted by molar-refractivity contribution is -0.308. The molecule has 30 heavy (non-hydrogen) atoms. The quantitative estimate of drug-likeness (QED) is 0.697. The van der Waals surface area contributed by atoms with Crippen molar-refractivity contribution in [2.75, 3.05) is 11.4 Å². The Labute approximate surface area is 175 Å². The fourth-order valence-electron chi connectivity index (χ4n) is 3.67. The second-order valence-corrected chi connectivity index (χ2v) is 8.38. The number of aliphatic carboxylic acids is 1. The largest absolute Gasteiger partial charge is 0.548 e. The number of carboxylic acids is 1. The first-order chi connectivity index (χ1) is 14.2. The van der Waals surface area contributed by atoms with E-state index < -0.39 is 30.0 Å². The molecule has 0 spiro atoms. The van der Waals surface area contributed by atoms with E-state index in [9.17, 15) is 19.5 Å². The molecule has 9 heteroatoms. The number of nitrogens with zero attached hydrogens (tertiary/aromatic N) is 3. The molecule has 1 aliphatic rings. The molecule has 2 N–H and O–H groups in total. The Balaban J connectivity index is 1.74. The Morgan fingerprint density at radius 2 is 1.80 bits per heavy atom. The molecule has 1 aromatic carbocycles. The van der Waals surface area contributed by atoms with Gasteiger partial charge in [-0.25, -0.2) is 9.78 Å². The predicted molar refractivity (Wildman–Crippen MR) is 111 cm³/mol. The number of carbonyl (C=O) groups excluding carboxylic acids is 3. The molecule has 2 heterocycles. The van der Waals surface area contributed by atoms with E-state index in [1.54, 1.807) is 13.8 Å². The van der Waals surface area contributed by atoms with Crippen LogP contribution in [-0.2, 0) is 16.1 Å². The average Bonchev–Trinajstić information content (AvgIpc) is 3.23. The number of para-hydroxylation sites is 2. The highest BCUT2D eigenvalue weighted by Crippen LogP contribution is 2.27. The van der Waals surface area contributed by atoms with Gasteiger partial charge in [0.2, 0.25) is 11.9 Å². The average molecular weight is 414 g/mol. The molecular weight excluding hydrogens is 386 g/mol. The number of benzene rings is 1. The van der Waals surface area contributed by atoms with Gasteiger partial charge in [-0.3, -0.25) is 9.69 Å². The first-order valence-electron chi connectivity index (χ1n) is 10.2. The molecule has 0 radical (unpaired) electrons. The van der Waals surface area contributed by atoms with Crippen LogP contribution >= 0.6 is 0 Å². The monoisotopic (exact) mass is 414 g/mol. The molecule has 0 bridgehead atoms. The van der Waals surface area contributed by atoms with E-state index >= 15 is 0 Å². The minimum Gasteiger partial charge on any atom is -0.548 e. The number of carbonyl (C=O) groups is 3. The summed E-state index contributed by atoms with van der Waals surface area (Å²) in [7, 11) is 0. The molecule has 2 aromatic rings. The van der Waals surface area contributed by atoms with Gasteiger partial charge in [0.1, 0.15) is 6.04 Å². The van der Waals surface area contributed by atoms with E-state index in [0.717, 1.165) is 11.0 Å². The summed E-state index contributed by atoms with van der Waals surface area (Å²) in [5.41, 5.74) is 1.75. The minimum absolute atomic E-state index is 0.0675. The standard InChI is InChI=1S/C21H29N5O4/c1-12(2)11-15(19(28)29)22-18(27)17(13(3)4)24-21(30)26-10-9-25-16-8-6-5-7-14(16)23-20(25)26/h5-8,12-13,15,17H,9-11H2,1-4H3,(H,22,27)(H,24,30)(H,28,29)/p-1/t15-,17-/m0/s1. The van der Waals surface area contributed by atoms with Gasteiger partial charge in [-0.1, -0.05) is 39.8 Å². The molecule has 0 unspecified atom stereocenters. The van der Waals surface area contributed by atoms with Crippen molar-refractivity contribution in [2.45, 2.75) is 52.7 Å². The van der Waals surface area contributed by atoms with Crippen molar-refractivity contribution >= 4 is 34.9 Å². The first kappa shape index (κ1) is 21.6. The van der Waals surface area contributed by atoms with Gasteiger partial charge in [-0.15, -0.1) is 0 Å². The topological polar surface area (TPSA) is 119 Å². The van der Waals surface area contributed by atoms with Crippen LogP contribution in [-0.4, -0.2) is 46.1 Å². The van der Waals surface area contributed by atoms with Gasteiger partial charge in [0, 0.05) is 13.1 Å². The van der Waals surface area contributed by atoms with Crippen LogP contribution in [0.5, 0.6) is 0 Å². The van der Waals surface area contributed by atoms with E-state index in [1.165, 1.54) is 4.90 Å². The summed E-state index contributed by atoms with van der Waals surface area (Å²) in [4.78, 5) is 43.1. The van der Waals surface area contributed by atoms with Crippen molar-refractivity contribution in [3.63, 3.8) is 0 Å². The zero-order chi connectivity index (χ0) is 22.0. The number of hydrogen-bond acceptors (Lipinski definition) is 5. The zero-order valence-corrected chi connectivity index (χ0v) is 17.7. The maximum atomic E-state index is 13.0. The Morgan fingerprint density at radius 3 is 2.43 bits per heavy atom. The van der Waals surface area contributed by atoms with E-state index in [0.29, 0.717) is 19.0 Å². The zero-order valence-electron chi connectivity index (χ0n) is 17.7. The number of nitrogens with one attached hydrogen (secondary N) is 2. The SMILES string of the molecule is CC(C)C[C@H](NC(=O)[C@@H](NC(=O)N1CCn2c1nc1ccccc12)C(C)C)C(=O)[O-]. The molecule has 0 saturated carbocycles. The number of imidazole rings is 1. The summed E-state index contributed by atoms with van der Waals surface area (Å²) in [5.74, 6) is -1.52. The lowest BCUT2D eigenvalue weighted by Gasteiger charge is -2.28. The van der Waals surface area contributed by atoms with Gasteiger partial charge in [0.15, 0.2) is 0 Å². The maximum absolute atomic E-state index is 13.0. The Hall–Kier alpha value is -3.10. The molecule has 0 saturated heterocycles. The Bertz CT molecular complexity index is 952. The molecule has 0 fully saturated rings. The van der Waals surface area contributed by atoms with Crippen molar-refractivity contribution < 1.29 is 19.5 Å². The molecule has 0 aliphatic carbocycles. The van der Waals surface area contributed by atoms with Crippen LogP contribution in [0.2, 0.25) is 0 Å². The van der Waals surface area contributed by atoms with Gasteiger partial charge >= 0.3 is 6.03 Å². The highest BCUT2D eigenvalue weighted by atomic mass is 16.4. The van der Waals surface area contributed by atoms with E-state index in [2.05, 4.69) is 15.6 Å². The molecule has 3 amide bonds. The van der Waals surface area contributed by atoms with E-state index in [-0.39, 0.29) is 18.3 Å². The third-order valence-electron chi connectivity index (χ3n) is 5.20. The number of carboxylic acid groups (broad SMARTS) is 1. The Kier molecular flexibility index (Phi) is 6.28. The van der Waals surface area contributed by atoms with Crippen molar-refractivity contribution in [3.05, 3.63) is 24.3 Å². The number of urea groups is 1. The van der Waals surface area contributed by atoms with E-state index in [4.69, 9.17) is 0 Å². The van der Waals surface area contributed by atoms with Gasteiger partial charge < -0.3 is 25.1 Å². The summed E-state index contributed by atoms with van der Waals surface area (Å²) in [6, 6.07) is 5.22. The molecule has 9 nitrogen and oxygen atoms in total. The molecule has 2 atom stereocenters. The van der Waals surface area contributed by atoms with Crippen LogP contribution in [0.3, 0.4) is 0 Å². The number of amides is 3. The van der Waals surface area contributed by atoms with Gasteiger partial charge in [0.25, 0.3) is 0 Å². The maximum Gasteiger partial charge on any atom is 0.324 e. The number of anilines is 1. The van der Waals surface area contributed by atoms with Gasteiger partial charge in [-0.05, 0) is 30.4 Å². The summed E-state index contributed by atoms with van der Waals surface area (Å²) in [6.07, 6.45) is 0.253. The predicted octanol–water partition coefficient (Wildman–Crippen LogP) is 0.871. The van der Waals surface area contributed by atoms with Crippen LogP contribution < -0.4 is 20.6 Å². The summed E-state index contributed by atoms with van der Waals surface area (Å²) >= 11 is 0. The van der Waals surface area contributed by atoms with E-state index in [1.807, 2.05) is 42.7 Å². The molecule has 162 valence electrons. The van der Waals surface area contributed by atoms with Crippen LogP contribution in [0, 0.1) is 11.8 Å². The summed E-state index contributed by atoms with van der Waals surface area (Å²) in [6.45, 7) is 8.37. The third-order valence-corrected chi connectivity index (χ3v) is 5.20. The molecule has 1 aliphatic heterocycles. The fourth-order valence-corrected chi connectivity index (χ4v) is 3.67. The smallest absolute Gasteiger partial charge is 0.324 e. The minimum atomic E-state index is -1.33. The summed E-state index contributed by atoms with van der Waals surface area (Å²) in [5, 5.41) is 16.6. The van der Waals surface area contributed by atoms with Gasteiger partial charge in [-0.2, -0.15) is 0 Å². The van der Waals surface area contributed by atoms with Crippen molar-refractivity contribution in [2.24, 2.45) is 11.8 Å². The third kappa shape index (κ3) is 4.39. The molecular formula is C21H28N5O4-. The number of fused-ring (bicyclic) bond motifs is 3. The fraction of sp³-hybridized carbons (Fsp3) is 0.524. The van der Waals surface area contributed by atoms with Crippen molar-refractivity contribution in [1.29, 1.82) is 0 Å². The van der Waals surface area contributed by atoms with Crippen LogP contribution in [0.15, 0.2) is 24.3 Å². The Morgan fingerprint density at radius 1 is 1.10 bits per heavy atom. The van der Waals surface area contributed by atoms with Gasteiger partial charge in [0.05, 0.1) is 23.0 Å².